The lowest BCUT2D eigenvalue weighted by Crippen LogP contribution is -2.05. The maximum absolute atomic E-state index is 11.8. The zero-order valence-corrected chi connectivity index (χ0v) is 14.0. The summed E-state index contributed by atoms with van der Waals surface area (Å²) in [5, 5.41) is 1.95. The van der Waals surface area contributed by atoms with Crippen molar-refractivity contribution in [2.75, 3.05) is 0 Å². The van der Waals surface area contributed by atoms with Crippen molar-refractivity contribution < 1.29 is 9.53 Å². The maximum atomic E-state index is 11.8. The van der Waals surface area contributed by atoms with E-state index in [0.717, 1.165) is 19.4 Å². The Morgan fingerprint density at radius 2 is 2.05 bits per heavy atom. The molecule has 1 aliphatic heterocycles. The van der Waals surface area contributed by atoms with Crippen LogP contribution in [0.3, 0.4) is 0 Å². The molecule has 0 aliphatic carbocycles. The molecule has 0 spiro atoms. The van der Waals surface area contributed by atoms with E-state index in [0.29, 0.717) is 11.6 Å². The van der Waals surface area contributed by atoms with Crippen molar-refractivity contribution in [3.63, 3.8) is 0 Å². The molecule has 2 heterocycles. The highest BCUT2D eigenvalue weighted by Gasteiger charge is 2.24. The number of thiophene rings is 1. The Hall–Kier alpha value is -1.24. The summed E-state index contributed by atoms with van der Waals surface area (Å²) in [4.78, 5) is 17.0. The van der Waals surface area contributed by atoms with E-state index in [9.17, 15) is 4.79 Å². The van der Waals surface area contributed by atoms with Crippen LogP contribution < -0.4 is 0 Å². The quantitative estimate of drug-likeness (QED) is 0.533. The summed E-state index contributed by atoms with van der Waals surface area (Å²) in [6.07, 6.45) is 1.72. The zero-order valence-electron chi connectivity index (χ0n) is 9.97. The monoisotopic (exact) mass is 411 g/mol. The van der Waals surface area contributed by atoms with Gasteiger partial charge in [0.05, 0.1) is 0 Å². The van der Waals surface area contributed by atoms with Gasteiger partial charge < -0.3 is 4.74 Å². The van der Waals surface area contributed by atoms with Crippen molar-refractivity contribution in [2.24, 2.45) is 4.99 Å². The molecule has 0 saturated carbocycles. The van der Waals surface area contributed by atoms with Gasteiger partial charge in [-0.3, -0.25) is 0 Å². The van der Waals surface area contributed by atoms with Crippen LogP contribution >= 0.6 is 43.2 Å². The average molecular weight is 413 g/mol. The lowest BCUT2D eigenvalue weighted by Gasteiger charge is -1.99. The van der Waals surface area contributed by atoms with Crippen molar-refractivity contribution >= 4 is 61.1 Å². The summed E-state index contributed by atoms with van der Waals surface area (Å²) >= 11 is 8.29. The molecule has 3 rings (SSSR count). The molecule has 0 unspecified atom stereocenters. The van der Waals surface area contributed by atoms with Gasteiger partial charge in [0.1, 0.15) is 0 Å². The van der Waals surface area contributed by atoms with Gasteiger partial charge in [0.2, 0.25) is 5.90 Å². The summed E-state index contributed by atoms with van der Waals surface area (Å²) in [5.41, 5.74) is 1.08. The Balaban J connectivity index is 1.94. The van der Waals surface area contributed by atoms with Crippen molar-refractivity contribution in [1.29, 1.82) is 0 Å². The molecule has 0 bridgehead atoms. The van der Waals surface area contributed by atoms with Gasteiger partial charge in [0.15, 0.2) is 5.70 Å². The van der Waals surface area contributed by atoms with E-state index in [1.54, 1.807) is 6.08 Å². The van der Waals surface area contributed by atoms with Crippen molar-refractivity contribution in [2.45, 2.75) is 0 Å². The highest BCUT2D eigenvalue weighted by atomic mass is 79.9. The first kappa shape index (κ1) is 13.7. The maximum Gasteiger partial charge on any atom is 0.363 e. The minimum atomic E-state index is -0.426. The van der Waals surface area contributed by atoms with Gasteiger partial charge in [-0.05, 0) is 46.3 Å². The van der Waals surface area contributed by atoms with E-state index in [4.69, 9.17) is 4.74 Å². The first-order chi connectivity index (χ1) is 9.61. The van der Waals surface area contributed by atoms with E-state index in [-0.39, 0.29) is 0 Å². The molecular formula is C14H7Br2NO2S. The normalized spacial score (nSPS) is 16.4. The van der Waals surface area contributed by atoms with Gasteiger partial charge in [0, 0.05) is 24.8 Å². The Morgan fingerprint density at radius 3 is 2.75 bits per heavy atom. The third-order valence-electron chi connectivity index (χ3n) is 2.56. The number of cyclic esters (lactones) is 1. The van der Waals surface area contributed by atoms with Crippen LogP contribution in [0.25, 0.3) is 6.08 Å². The number of hydrogen-bond acceptors (Lipinski definition) is 4. The number of aliphatic imine (C=N–C) groups is 1. The molecule has 2 aromatic rings. The summed E-state index contributed by atoms with van der Waals surface area (Å²) in [6, 6.07) is 9.41. The van der Waals surface area contributed by atoms with Crippen LogP contribution in [0, 0.1) is 0 Å². The second kappa shape index (κ2) is 5.63. The Bertz CT molecular complexity index is 749. The minimum Gasteiger partial charge on any atom is -0.402 e. The molecule has 100 valence electrons. The predicted octanol–water partition coefficient (Wildman–Crippen LogP) is 4.62. The molecule has 6 heteroatoms. The predicted molar refractivity (Wildman–Crippen MR) is 86.8 cm³/mol. The van der Waals surface area contributed by atoms with E-state index >= 15 is 0 Å². The smallest absolute Gasteiger partial charge is 0.363 e. The molecular weight excluding hydrogens is 406 g/mol. The fourth-order valence-corrected chi connectivity index (χ4v) is 3.46. The molecule has 3 nitrogen and oxygen atoms in total. The summed E-state index contributed by atoms with van der Waals surface area (Å²) in [5.74, 6) is -0.0948. The Morgan fingerprint density at radius 1 is 1.20 bits per heavy atom. The second-order valence-corrected chi connectivity index (χ2v) is 6.79. The van der Waals surface area contributed by atoms with Gasteiger partial charge in [-0.25, -0.2) is 9.79 Å². The molecule has 0 radical (unpaired) electrons. The molecule has 20 heavy (non-hydrogen) atoms. The Labute approximate surface area is 136 Å². The van der Waals surface area contributed by atoms with Crippen LogP contribution in [-0.4, -0.2) is 11.9 Å². The number of nitrogens with zero attached hydrogens (tertiary/aromatic N) is 1. The van der Waals surface area contributed by atoms with E-state index in [2.05, 4.69) is 36.9 Å². The molecule has 1 aromatic carbocycles. The SMILES string of the molecule is O=C1OC(c2cccc(Br)c2)=N/C1=C\c1cc(Br)cs1. The summed E-state index contributed by atoms with van der Waals surface area (Å²) in [6.45, 7) is 0. The molecule has 0 amide bonds. The highest BCUT2D eigenvalue weighted by molar-refractivity contribution is 9.10. The lowest BCUT2D eigenvalue weighted by molar-refractivity contribution is -0.129. The van der Waals surface area contributed by atoms with Crippen LogP contribution in [-0.2, 0) is 9.53 Å². The van der Waals surface area contributed by atoms with Gasteiger partial charge in [-0.1, -0.05) is 22.0 Å². The number of rotatable bonds is 2. The highest BCUT2D eigenvalue weighted by Crippen LogP contribution is 2.25. The number of carbonyl (C=O) groups is 1. The standard InChI is InChI=1S/C14H7Br2NO2S/c15-9-3-1-2-8(4-9)13-17-12(14(18)19-13)6-11-5-10(16)7-20-11/h1-7H/b12-6-. The van der Waals surface area contributed by atoms with Crippen LogP contribution in [0.1, 0.15) is 10.4 Å². The molecule has 0 saturated heterocycles. The largest absolute Gasteiger partial charge is 0.402 e. The van der Waals surface area contributed by atoms with E-state index < -0.39 is 5.97 Å². The number of benzene rings is 1. The fourth-order valence-electron chi connectivity index (χ4n) is 1.69. The first-order valence-corrected chi connectivity index (χ1v) is 8.11. The van der Waals surface area contributed by atoms with Crippen LogP contribution in [0.2, 0.25) is 0 Å². The van der Waals surface area contributed by atoms with Crippen molar-refractivity contribution in [1.82, 2.24) is 0 Å². The van der Waals surface area contributed by atoms with Gasteiger partial charge in [-0.2, -0.15) is 0 Å². The molecule has 0 N–H and O–H groups in total. The topological polar surface area (TPSA) is 38.7 Å². The van der Waals surface area contributed by atoms with Crippen LogP contribution in [0.4, 0.5) is 0 Å². The van der Waals surface area contributed by atoms with Gasteiger partial charge in [0.25, 0.3) is 0 Å². The molecule has 1 aromatic heterocycles. The second-order valence-electron chi connectivity index (χ2n) is 4.01. The zero-order chi connectivity index (χ0) is 14.1. The third-order valence-corrected chi connectivity index (χ3v) is 4.69. The van der Waals surface area contributed by atoms with E-state index in [1.165, 1.54) is 11.3 Å². The number of carbonyl (C=O) groups excluding carboxylic acids is 1. The number of esters is 1. The lowest BCUT2D eigenvalue weighted by atomic mass is 10.2. The Kier molecular flexibility index (Phi) is 3.87. The third kappa shape index (κ3) is 2.92. The van der Waals surface area contributed by atoms with Gasteiger partial charge in [-0.15, -0.1) is 11.3 Å². The number of hydrogen-bond donors (Lipinski definition) is 0. The fraction of sp³-hybridized carbons (Fsp3) is 0. The molecule has 0 atom stereocenters. The van der Waals surface area contributed by atoms with Crippen molar-refractivity contribution in [3.8, 4) is 0 Å². The van der Waals surface area contributed by atoms with Crippen LogP contribution in [0.15, 0.2) is 55.3 Å². The number of ether oxygens (including phenoxy) is 1. The minimum absolute atomic E-state index is 0.314. The van der Waals surface area contributed by atoms with Crippen molar-refractivity contribution in [3.05, 3.63) is 60.8 Å². The number of halogens is 2. The van der Waals surface area contributed by atoms with Crippen LogP contribution in [0.5, 0.6) is 0 Å². The molecule has 1 aliphatic rings. The van der Waals surface area contributed by atoms with E-state index in [1.807, 2.05) is 35.7 Å². The van der Waals surface area contributed by atoms with Gasteiger partial charge >= 0.3 is 5.97 Å². The molecule has 0 fully saturated rings. The first-order valence-electron chi connectivity index (χ1n) is 5.64. The summed E-state index contributed by atoms with van der Waals surface area (Å²) in [7, 11) is 0. The summed E-state index contributed by atoms with van der Waals surface area (Å²) < 4.78 is 7.10. The average Bonchev–Trinajstić information content (AvgIpc) is 2.97.